The first-order valence-corrected chi connectivity index (χ1v) is 4.81. The molecule has 1 aromatic rings. The summed E-state index contributed by atoms with van der Waals surface area (Å²) in [5.74, 6) is 0.380. The quantitative estimate of drug-likeness (QED) is 0.695. The SMILES string of the molecule is c1ccc(C2=NO[C@@H]3CNC[C@H]23)nc1. The van der Waals surface area contributed by atoms with Gasteiger partial charge in [0.25, 0.3) is 0 Å². The summed E-state index contributed by atoms with van der Waals surface area (Å²) >= 11 is 0. The lowest BCUT2D eigenvalue weighted by Crippen LogP contribution is -2.22. The molecule has 4 nitrogen and oxygen atoms in total. The molecule has 2 aliphatic rings. The van der Waals surface area contributed by atoms with Crippen molar-refractivity contribution < 1.29 is 4.84 Å². The van der Waals surface area contributed by atoms with Crippen LogP contribution < -0.4 is 5.32 Å². The van der Waals surface area contributed by atoms with Gasteiger partial charge in [-0.2, -0.15) is 0 Å². The van der Waals surface area contributed by atoms with Crippen molar-refractivity contribution in [3.05, 3.63) is 30.1 Å². The van der Waals surface area contributed by atoms with Gasteiger partial charge in [-0.05, 0) is 12.1 Å². The molecule has 0 bridgehead atoms. The zero-order valence-corrected chi connectivity index (χ0v) is 7.68. The first-order chi connectivity index (χ1) is 6.95. The van der Waals surface area contributed by atoms with Gasteiger partial charge < -0.3 is 10.2 Å². The smallest absolute Gasteiger partial charge is 0.149 e. The second-order valence-corrected chi connectivity index (χ2v) is 3.60. The third-order valence-electron chi connectivity index (χ3n) is 2.72. The van der Waals surface area contributed by atoms with Gasteiger partial charge in [-0.3, -0.25) is 4.98 Å². The number of pyridine rings is 1. The molecule has 0 saturated carbocycles. The van der Waals surface area contributed by atoms with Crippen molar-refractivity contribution >= 4 is 5.71 Å². The molecule has 1 saturated heterocycles. The number of oxime groups is 1. The fraction of sp³-hybridized carbons (Fsp3) is 0.400. The third kappa shape index (κ3) is 1.11. The Balaban J connectivity index is 1.93. The van der Waals surface area contributed by atoms with Gasteiger partial charge in [-0.25, -0.2) is 0 Å². The maximum absolute atomic E-state index is 5.33. The van der Waals surface area contributed by atoms with E-state index in [1.807, 2.05) is 18.2 Å². The molecule has 4 heteroatoms. The largest absolute Gasteiger partial charge is 0.390 e. The van der Waals surface area contributed by atoms with E-state index in [0.29, 0.717) is 5.92 Å². The van der Waals surface area contributed by atoms with Gasteiger partial charge in [-0.1, -0.05) is 11.2 Å². The molecule has 2 atom stereocenters. The molecular weight excluding hydrogens is 178 g/mol. The summed E-state index contributed by atoms with van der Waals surface area (Å²) in [5.41, 5.74) is 1.92. The highest BCUT2D eigenvalue weighted by atomic mass is 16.6. The summed E-state index contributed by atoms with van der Waals surface area (Å²) < 4.78 is 0. The topological polar surface area (TPSA) is 46.5 Å². The molecule has 0 aromatic carbocycles. The van der Waals surface area contributed by atoms with Crippen LogP contribution in [-0.2, 0) is 4.84 Å². The van der Waals surface area contributed by atoms with Crippen LogP contribution in [-0.4, -0.2) is 29.9 Å². The molecule has 0 radical (unpaired) electrons. The van der Waals surface area contributed by atoms with E-state index in [2.05, 4.69) is 15.5 Å². The maximum Gasteiger partial charge on any atom is 0.149 e. The molecule has 2 aliphatic heterocycles. The van der Waals surface area contributed by atoms with E-state index in [9.17, 15) is 0 Å². The van der Waals surface area contributed by atoms with E-state index in [0.717, 1.165) is 24.5 Å². The van der Waals surface area contributed by atoms with Crippen LogP contribution in [0.25, 0.3) is 0 Å². The standard InChI is InChI=1S/C10H11N3O/c1-2-4-12-8(3-1)10-7-5-11-6-9(7)14-13-10/h1-4,7,9,11H,5-6H2/t7-,9+/m0/s1. The number of hydrogen-bond acceptors (Lipinski definition) is 4. The Bertz CT molecular complexity index is 363. The molecule has 3 rings (SSSR count). The minimum Gasteiger partial charge on any atom is -0.390 e. The van der Waals surface area contributed by atoms with Gasteiger partial charge >= 0.3 is 0 Å². The molecular formula is C10H11N3O. The predicted molar refractivity (Wildman–Crippen MR) is 52.0 cm³/mol. The fourth-order valence-corrected chi connectivity index (χ4v) is 1.98. The lowest BCUT2D eigenvalue weighted by atomic mass is 9.98. The second kappa shape index (κ2) is 3.06. The number of rotatable bonds is 1. The molecule has 1 fully saturated rings. The summed E-state index contributed by atoms with van der Waals surface area (Å²) in [6, 6.07) is 5.85. The first kappa shape index (κ1) is 7.94. The molecule has 0 aliphatic carbocycles. The molecule has 72 valence electrons. The van der Waals surface area contributed by atoms with Gasteiger partial charge in [-0.15, -0.1) is 0 Å². The highest BCUT2D eigenvalue weighted by Crippen LogP contribution is 2.24. The van der Waals surface area contributed by atoms with Crippen molar-refractivity contribution in [1.82, 2.24) is 10.3 Å². The predicted octanol–water partition coefficient (Wildman–Crippen LogP) is 0.404. The number of aromatic nitrogens is 1. The van der Waals surface area contributed by atoms with Crippen molar-refractivity contribution in [1.29, 1.82) is 0 Å². The van der Waals surface area contributed by atoms with Crippen molar-refractivity contribution in [2.45, 2.75) is 6.10 Å². The van der Waals surface area contributed by atoms with E-state index in [4.69, 9.17) is 4.84 Å². The molecule has 3 heterocycles. The van der Waals surface area contributed by atoms with Crippen LogP contribution in [0.3, 0.4) is 0 Å². The van der Waals surface area contributed by atoms with Gasteiger partial charge in [0.05, 0.1) is 11.6 Å². The van der Waals surface area contributed by atoms with E-state index in [1.165, 1.54) is 0 Å². The van der Waals surface area contributed by atoms with Crippen LogP contribution in [0.15, 0.2) is 29.6 Å². The van der Waals surface area contributed by atoms with Crippen LogP contribution in [0, 0.1) is 5.92 Å². The van der Waals surface area contributed by atoms with E-state index in [1.54, 1.807) is 6.20 Å². The molecule has 14 heavy (non-hydrogen) atoms. The second-order valence-electron chi connectivity index (χ2n) is 3.60. The van der Waals surface area contributed by atoms with E-state index in [-0.39, 0.29) is 6.10 Å². The van der Waals surface area contributed by atoms with Gasteiger partial charge in [0.2, 0.25) is 0 Å². The first-order valence-electron chi connectivity index (χ1n) is 4.81. The summed E-state index contributed by atoms with van der Waals surface area (Å²) in [7, 11) is 0. The average Bonchev–Trinajstić information content (AvgIpc) is 2.79. The Morgan fingerprint density at radius 1 is 1.36 bits per heavy atom. The minimum atomic E-state index is 0.215. The normalized spacial score (nSPS) is 29.6. The van der Waals surface area contributed by atoms with Gasteiger partial charge in [0, 0.05) is 19.3 Å². The zero-order valence-electron chi connectivity index (χ0n) is 7.68. The monoisotopic (exact) mass is 189 g/mol. The maximum atomic E-state index is 5.33. The van der Waals surface area contributed by atoms with Crippen LogP contribution in [0.4, 0.5) is 0 Å². The van der Waals surface area contributed by atoms with Crippen LogP contribution in [0.5, 0.6) is 0 Å². The Morgan fingerprint density at radius 3 is 3.21 bits per heavy atom. The van der Waals surface area contributed by atoms with Crippen LogP contribution in [0.1, 0.15) is 5.69 Å². The molecule has 1 N–H and O–H groups in total. The Hall–Kier alpha value is -1.42. The van der Waals surface area contributed by atoms with E-state index < -0.39 is 0 Å². The zero-order chi connectivity index (χ0) is 9.38. The summed E-state index contributed by atoms with van der Waals surface area (Å²) in [6.45, 7) is 1.84. The van der Waals surface area contributed by atoms with E-state index >= 15 is 0 Å². The summed E-state index contributed by atoms with van der Waals surface area (Å²) in [5, 5.41) is 7.40. The number of hydrogen-bond donors (Lipinski definition) is 1. The fourth-order valence-electron chi connectivity index (χ4n) is 1.98. The average molecular weight is 189 g/mol. The van der Waals surface area contributed by atoms with Crippen molar-refractivity contribution in [3.63, 3.8) is 0 Å². The van der Waals surface area contributed by atoms with Crippen molar-refractivity contribution in [2.75, 3.05) is 13.1 Å². The van der Waals surface area contributed by atoms with Gasteiger partial charge in [0.15, 0.2) is 0 Å². The molecule has 0 amide bonds. The number of nitrogens with one attached hydrogen (secondary N) is 1. The highest BCUT2D eigenvalue weighted by Gasteiger charge is 2.38. The molecule has 0 spiro atoms. The lowest BCUT2D eigenvalue weighted by molar-refractivity contribution is 0.0842. The van der Waals surface area contributed by atoms with Crippen molar-refractivity contribution in [3.8, 4) is 0 Å². The highest BCUT2D eigenvalue weighted by molar-refractivity contribution is 6.01. The van der Waals surface area contributed by atoms with Crippen molar-refractivity contribution in [2.24, 2.45) is 11.1 Å². The van der Waals surface area contributed by atoms with Crippen LogP contribution >= 0.6 is 0 Å². The minimum absolute atomic E-state index is 0.215. The summed E-state index contributed by atoms with van der Waals surface area (Å²) in [4.78, 5) is 9.61. The molecule has 0 unspecified atom stereocenters. The summed E-state index contributed by atoms with van der Waals surface area (Å²) in [6.07, 6.45) is 2.00. The number of fused-ring (bicyclic) bond motifs is 1. The number of nitrogens with zero attached hydrogens (tertiary/aromatic N) is 2. The Kier molecular flexibility index (Phi) is 1.73. The van der Waals surface area contributed by atoms with Crippen LogP contribution in [0.2, 0.25) is 0 Å². The Labute approximate surface area is 82.0 Å². The molecule has 1 aromatic heterocycles. The third-order valence-corrected chi connectivity index (χ3v) is 2.72. The lowest BCUT2D eigenvalue weighted by Gasteiger charge is -2.06. The van der Waals surface area contributed by atoms with Gasteiger partial charge in [0.1, 0.15) is 11.8 Å². The Morgan fingerprint density at radius 2 is 2.36 bits per heavy atom.